The summed E-state index contributed by atoms with van der Waals surface area (Å²) in [5.41, 5.74) is 48.0. The van der Waals surface area contributed by atoms with Crippen molar-refractivity contribution in [1.82, 2.24) is 0 Å². The van der Waals surface area contributed by atoms with E-state index in [4.69, 9.17) is 0 Å². The average molecular weight is 1770 g/mol. The van der Waals surface area contributed by atoms with E-state index in [0.717, 1.165) is 0 Å². The molecule has 27 aromatic carbocycles. The van der Waals surface area contributed by atoms with Gasteiger partial charge in [-0.3, -0.25) is 0 Å². The summed E-state index contributed by atoms with van der Waals surface area (Å²) in [5.74, 6) is -0.00843. The van der Waals surface area contributed by atoms with Crippen molar-refractivity contribution in [3.05, 3.63) is 444 Å². The maximum atomic E-state index is 2.77. The van der Waals surface area contributed by atoms with E-state index >= 15 is 0 Å². The molecule has 0 spiro atoms. The molecule has 19 aliphatic rings. The van der Waals surface area contributed by atoms with Crippen LogP contribution >= 0.6 is 0 Å². The van der Waals surface area contributed by atoms with Gasteiger partial charge in [0.2, 0.25) is 0 Å². The van der Waals surface area contributed by atoms with E-state index in [2.05, 4.69) is 227 Å². The fourth-order valence-electron chi connectivity index (χ4n) is 38.2. The molecule has 0 fully saturated rings. The van der Waals surface area contributed by atoms with E-state index in [1.807, 2.05) is 60.7 Å². The van der Waals surface area contributed by atoms with Gasteiger partial charge in [-0.1, -0.05) is 227 Å². The van der Waals surface area contributed by atoms with Gasteiger partial charge in [0.25, 0.3) is 0 Å². The van der Waals surface area contributed by atoms with Crippen molar-refractivity contribution in [3.63, 3.8) is 0 Å². The van der Waals surface area contributed by atoms with Gasteiger partial charge in [0.15, 0.2) is 0 Å². The minimum atomic E-state index is -0.751. The van der Waals surface area contributed by atoms with Crippen molar-refractivity contribution in [2.75, 3.05) is 0 Å². The van der Waals surface area contributed by atoms with Gasteiger partial charge in [-0.05, 0) is 388 Å². The number of hydrogen-bond acceptors (Lipinski definition) is 0. The molecule has 8 atom stereocenters. The minimum absolute atomic E-state index is 0. The Morgan fingerprint density at radius 2 is 0.500 bits per heavy atom. The monoisotopic (exact) mass is 1770 g/mol. The normalized spacial score (nSPS) is 24.8. The summed E-state index contributed by atoms with van der Waals surface area (Å²) in [6, 6.07) is 107. The van der Waals surface area contributed by atoms with E-state index in [0.29, 0.717) is 0 Å². The topological polar surface area (TPSA) is 0 Å². The largest absolute Gasteiger partial charge is 1.00 e. The molecule has 27 aromatic rings. The number of hydrogen-bond donors (Lipinski definition) is 0. The van der Waals surface area contributed by atoms with Crippen molar-refractivity contribution in [3.8, 4) is 11.1 Å². The summed E-state index contributed by atoms with van der Waals surface area (Å²) >= 11 is 0. The first kappa shape index (κ1) is 61.7. The fourth-order valence-corrected chi connectivity index (χ4v) is 38.2. The van der Waals surface area contributed by atoms with Gasteiger partial charge < -0.3 is 0 Å². The van der Waals surface area contributed by atoms with Gasteiger partial charge in [0.05, 0.1) is 37.9 Å². The van der Waals surface area contributed by atoms with Gasteiger partial charge in [-0.15, -0.1) is 0 Å². The Balaban J connectivity index is 0.000000530. The summed E-state index contributed by atoms with van der Waals surface area (Å²) in [7, 11) is 0. The molecular weight excluding hydrogens is 1720 g/mol. The van der Waals surface area contributed by atoms with Crippen molar-refractivity contribution in [2.24, 2.45) is 0 Å². The van der Waals surface area contributed by atoms with Crippen LogP contribution < -0.4 is 5.22 Å². The van der Waals surface area contributed by atoms with Crippen LogP contribution in [-0.2, 0) is 82.3 Å². The first-order valence-electron chi connectivity index (χ1n) is 46.5. The third kappa shape index (κ3) is 4.38. The average Bonchev–Trinajstić information content (AvgIpc) is 1.37. The van der Waals surface area contributed by atoms with Crippen molar-refractivity contribution >= 4 is 194 Å². The Bertz CT molecular complexity index is 11000. The molecule has 0 heterocycles. The standard InChI is InChI=1S/C116H44.2C5H5.2Ru/c1-109(2,3)38-34-36-45(37-35-38)110-88-63-57-49-46-47-48-50-52(49)65-75-60(57)67(88)86-87-94(110)82-79-69-62-70-83(82)100-106(87)116(44-32-20-9-21-33-44)101(86)97(75)111(39-22-10-4-11-23-39)89(65)64-53(50)58-55(48)73-72-54(47)56-51(46)59(63)66(90(79)110)78-74(56)96-99(72)115(43-30-18-8-19-31-43)98(73)95-71(58)68-61(64)76-84-80-81(93(70)114(100,42-28-16-7-17-29-42)105(84)108(116)102(76)111)85-77(62)103(112(96,92(69)78)40-24-12-5-13-25-40)107(115)104(85)113(95,91(68)80)41-26-14-6-15-27-41;2*1-2-4-5-3-1;;/h4-37,88H,1-3H3;2*1-5H;;/q;2*-1;2*+1/t88-,110?,111?,112?,113+,114+,115+,116-;;;;/m1..../s1. The molecule has 19 aliphatic carbocycles. The molecule has 574 valence electrons. The Hall–Kier alpha value is -13.6. The molecule has 2 heteroatoms. The smallest absolute Gasteiger partial charge is 0.214 e. The molecule has 46 rings (SSSR count). The molecule has 0 aromatic heterocycles. The summed E-state index contributed by atoms with van der Waals surface area (Å²) in [4.78, 5) is 0. The van der Waals surface area contributed by atoms with Crippen LogP contribution in [-0.4, -0.2) is 0 Å². The number of rotatable bonds is 7. The van der Waals surface area contributed by atoms with Gasteiger partial charge in [0, 0.05) is 5.92 Å². The zero-order chi connectivity index (χ0) is 79.1. The second kappa shape index (κ2) is 16.9. The van der Waals surface area contributed by atoms with Crippen LogP contribution in [0.1, 0.15) is 182 Å². The van der Waals surface area contributed by atoms with E-state index in [9.17, 15) is 0 Å². The molecule has 0 saturated heterocycles. The second-order valence-corrected chi connectivity index (χ2v) is 43.0. The van der Waals surface area contributed by atoms with Crippen LogP contribution in [0.25, 0.3) is 205 Å². The predicted molar refractivity (Wildman–Crippen MR) is 511 cm³/mol. The van der Waals surface area contributed by atoms with Crippen LogP contribution in [0.15, 0.2) is 272 Å². The third-order valence-electron chi connectivity index (χ3n) is 39.7. The van der Waals surface area contributed by atoms with Gasteiger partial charge in [0.1, 0.15) is 0 Å². The summed E-state index contributed by atoms with van der Waals surface area (Å²) in [6.07, 6.45) is 0. The molecule has 0 aliphatic heterocycles. The molecule has 0 N–H and O–H groups in total. The van der Waals surface area contributed by atoms with Gasteiger partial charge in [-0.25, -0.2) is 24.3 Å². The zero-order valence-corrected chi connectivity index (χ0v) is 72.2. The molecular formula is C126H54Ru2. The van der Waals surface area contributed by atoms with Crippen molar-refractivity contribution < 1.29 is 39.0 Å². The summed E-state index contributed by atoms with van der Waals surface area (Å²) in [6.45, 7) is 7.36. The van der Waals surface area contributed by atoms with Crippen LogP contribution in [0.5, 0.6) is 0 Å². The molecule has 128 heavy (non-hydrogen) atoms. The van der Waals surface area contributed by atoms with E-state index in [1.54, 1.807) is 338 Å². The maximum absolute atomic E-state index is 2.77. The molecule has 0 saturated carbocycles. The fraction of sp³-hybridized carbons (Fsp3) is 0.0952. The Labute approximate surface area is 751 Å². The van der Waals surface area contributed by atoms with Crippen LogP contribution in [0.2, 0.25) is 0 Å². The SMILES string of the molecule is CC(C)(C)c1ccc(C23c4c5c6c7c8c4c4c2c2c9c%10c4c4c%11c%12c%13c(c84)[C@]7(c4ccccc4)c4c7c8c%14c4c=%13c4c%13c%15c%16c%17c%18c%19c%20c(c9c9c%21c2c2c%22c%23c(c-5c(c5c%23c%23c(c(c%14%13)c%13c%15c%18c%14c%13c%23c%22c%21c%14c%199)C58c5ccccc5)[C@]67c5ccccc5)[C@@H]23)C%10(c2ccccc2)C%11=C(C=%12[C@@]4%16c2ccccc2)[C@]%20%17c2ccccc2)cc1.[Ru+].[Ru+].c1cc[cH-]c1.c1cc[cH-]c1. The number of allylic oxidation sites excluding steroid dienone is 2. The van der Waals surface area contributed by atoms with E-state index < -0.39 is 37.9 Å². The quantitative estimate of drug-likeness (QED) is 0.0646. The van der Waals surface area contributed by atoms with Crippen LogP contribution in [0.4, 0.5) is 0 Å². The van der Waals surface area contributed by atoms with Crippen LogP contribution in [0.3, 0.4) is 0 Å². The van der Waals surface area contributed by atoms with Crippen molar-refractivity contribution in [2.45, 2.75) is 70.0 Å². The Morgan fingerprint density at radius 1 is 0.195 bits per heavy atom. The summed E-state index contributed by atoms with van der Waals surface area (Å²) in [5, 5.41) is 59.7. The second-order valence-electron chi connectivity index (χ2n) is 43.0. The molecule has 2 radical (unpaired) electrons. The van der Waals surface area contributed by atoms with Gasteiger partial charge >= 0.3 is 39.0 Å². The van der Waals surface area contributed by atoms with Crippen molar-refractivity contribution in [1.29, 1.82) is 0 Å². The Kier molecular flexibility index (Phi) is 8.14. The molecule has 3 unspecified atom stereocenters. The number of benzene rings is 22. The van der Waals surface area contributed by atoms with Gasteiger partial charge in [-0.2, -0.15) is 36.4 Å². The first-order chi connectivity index (χ1) is 62.4. The van der Waals surface area contributed by atoms with E-state index in [-0.39, 0.29) is 50.3 Å². The summed E-state index contributed by atoms with van der Waals surface area (Å²) < 4.78 is 0. The van der Waals surface area contributed by atoms with Crippen LogP contribution in [0, 0.1) is 10.4 Å². The molecule has 0 nitrogen and oxygen atoms in total. The predicted octanol–water partition coefficient (Wildman–Crippen LogP) is 27.8. The maximum Gasteiger partial charge on any atom is 1.00 e. The minimum Gasteiger partial charge on any atom is -0.214 e. The first-order valence-corrected chi connectivity index (χ1v) is 46.5. The van der Waals surface area contributed by atoms with E-state index in [1.165, 1.54) is 44.5 Å². The third-order valence-corrected chi connectivity index (χ3v) is 39.7. The molecule has 0 amide bonds. The Morgan fingerprint density at radius 3 is 1.00 bits per heavy atom. The molecule has 0 bridgehead atoms. The zero-order valence-electron chi connectivity index (χ0n) is 68.7.